The third-order valence-electron chi connectivity index (χ3n) is 2.65. The van der Waals surface area contributed by atoms with Gasteiger partial charge in [0.15, 0.2) is 5.78 Å². The quantitative estimate of drug-likeness (QED) is 0.771. The fraction of sp³-hybridized carbons (Fsp3) is 0.133. The maximum absolute atomic E-state index is 13.9. The lowest BCUT2D eigenvalue weighted by molar-refractivity contribution is 0.0847. The molecule has 0 spiro atoms. The number of ketones is 1. The van der Waals surface area contributed by atoms with Gasteiger partial charge in [0, 0.05) is 18.2 Å². The molecule has 0 saturated heterocycles. The molecule has 2 aromatic rings. The van der Waals surface area contributed by atoms with Crippen LogP contribution in [-0.2, 0) is 4.74 Å². The second-order valence-corrected chi connectivity index (χ2v) is 3.92. The Morgan fingerprint density at radius 2 is 1.89 bits per heavy atom. The molecule has 0 aromatic heterocycles. The van der Waals surface area contributed by atoms with Gasteiger partial charge in [-0.05, 0) is 11.6 Å². The molecule has 0 aliphatic carbocycles. The fourth-order valence-electron chi connectivity index (χ4n) is 1.75. The second-order valence-electron chi connectivity index (χ2n) is 3.92. The molecular weight excluding hydrogens is 231 g/mol. The van der Waals surface area contributed by atoms with Crippen LogP contribution < -0.4 is 0 Å². The van der Waals surface area contributed by atoms with Crippen molar-refractivity contribution in [3.8, 4) is 11.1 Å². The Hall–Kier alpha value is -2.00. The summed E-state index contributed by atoms with van der Waals surface area (Å²) < 4.78 is 18.7. The Morgan fingerprint density at radius 1 is 1.17 bits per heavy atom. The van der Waals surface area contributed by atoms with E-state index < -0.39 is 5.82 Å². The van der Waals surface area contributed by atoms with Crippen molar-refractivity contribution in [3.63, 3.8) is 0 Å². The summed E-state index contributed by atoms with van der Waals surface area (Å²) in [6, 6.07) is 13.7. The van der Waals surface area contributed by atoms with Gasteiger partial charge in [0.1, 0.15) is 12.4 Å². The van der Waals surface area contributed by atoms with Gasteiger partial charge in [-0.2, -0.15) is 0 Å². The first-order chi connectivity index (χ1) is 8.72. The highest BCUT2D eigenvalue weighted by Gasteiger charge is 2.10. The standard InChI is InChI=1S/C15H13FO2/c1-18-10-15(17)12-7-8-13(14(16)9-12)11-5-3-2-4-6-11/h2-9H,10H2,1H3. The molecule has 2 nitrogen and oxygen atoms in total. The van der Waals surface area contributed by atoms with Gasteiger partial charge in [0.05, 0.1) is 0 Å². The average molecular weight is 244 g/mol. The van der Waals surface area contributed by atoms with E-state index in [1.54, 1.807) is 12.1 Å². The van der Waals surface area contributed by atoms with E-state index in [0.717, 1.165) is 5.56 Å². The summed E-state index contributed by atoms with van der Waals surface area (Å²) in [6.07, 6.45) is 0. The SMILES string of the molecule is COCC(=O)c1ccc(-c2ccccc2)c(F)c1. The Kier molecular flexibility index (Phi) is 3.85. The monoisotopic (exact) mass is 244 g/mol. The normalized spacial score (nSPS) is 10.3. The van der Waals surface area contributed by atoms with Gasteiger partial charge in [-0.15, -0.1) is 0 Å². The van der Waals surface area contributed by atoms with Crippen LogP contribution in [0.15, 0.2) is 48.5 Å². The number of rotatable bonds is 4. The van der Waals surface area contributed by atoms with Crippen molar-refractivity contribution >= 4 is 5.78 Å². The Morgan fingerprint density at radius 3 is 2.50 bits per heavy atom. The van der Waals surface area contributed by atoms with Crippen LogP contribution in [0.5, 0.6) is 0 Å². The van der Waals surface area contributed by atoms with Crippen LogP contribution in [0.1, 0.15) is 10.4 Å². The average Bonchev–Trinajstić information content (AvgIpc) is 2.40. The molecule has 0 saturated carbocycles. The van der Waals surface area contributed by atoms with Gasteiger partial charge in [-0.3, -0.25) is 4.79 Å². The van der Waals surface area contributed by atoms with Crippen LogP contribution in [0.3, 0.4) is 0 Å². The molecule has 0 N–H and O–H groups in total. The van der Waals surface area contributed by atoms with E-state index >= 15 is 0 Å². The maximum atomic E-state index is 13.9. The number of benzene rings is 2. The Bertz CT molecular complexity index is 550. The van der Waals surface area contributed by atoms with Crippen molar-refractivity contribution in [2.45, 2.75) is 0 Å². The molecule has 0 atom stereocenters. The zero-order valence-corrected chi connectivity index (χ0v) is 10.0. The Balaban J connectivity index is 2.34. The maximum Gasteiger partial charge on any atom is 0.188 e. The first-order valence-corrected chi connectivity index (χ1v) is 5.59. The minimum Gasteiger partial charge on any atom is -0.377 e. The first kappa shape index (κ1) is 12.5. The van der Waals surface area contributed by atoms with E-state index in [4.69, 9.17) is 4.74 Å². The van der Waals surface area contributed by atoms with Crippen molar-refractivity contribution in [1.82, 2.24) is 0 Å². The predicted molar refractivity (Wildman–Crippen MR) is 68.0 cm³/mol. The molecule has 0 bridgehead atoms. The van der Waals surface area contributed by atoms with E-state index in [1.807, 2.05) is 30.3 Å². The highest BCUT2D eigenvalue weighted by molar-refractivity contribution is 5.97. The second kappa shape index (κ2) is 5.56. The summed E-state index contributed by atoms with van der Waals surface area (Å²) >= 11 is 0. The van der Waals surface area contributed by atoms with Crippen LogP contribution in [0, 0.1) is 5.82 Å². The molecule has 2 aromatic carbocycles. The lowest BCUT2D eigenvalue weighted by Gasteiger charge is -2.05. The topological polar surface area (TPSA) is 26.3 Å². The molecular formula is C15H13FO2. The third-order valence-corrected chi connectivity index (χ3v) is 2.65. The van der Waals surface area contributed by atoms with Crippen molar-refractivity contribution in [3.05, 3.63) is 59.9 Å². The number of hydrogen-bond donors (Lipinski definition) is 0. The molecule has 0 fully saturated rings. The lowest BCUT2D eigenvalue weighted by atomic mass is 10.0. The summed E-state index contributed by atoms with van der Waals surface area (Å²) in [7, 11) is 1.44. The van der Waals surface area contributed by atoms with Crippen LogP contribution in [0.4, 0.5) is 4.39 Å². The lowest BCUT2D eigenvalue weighted by Crippen LogP contribution is -2.07. The van der Waals surface area contributed by atoms with Crippen LogP contribution in [-0.4, -0.2) is 19.5 Å². The van der Waals surface area contributed by atoms with Crippen LogP contribution in [0.2, 0.25) is 0 Å². The highest BCUT2D eigenvalue weighted by atomic mass is 19.1. The Labute approximate surface area is 105 Å². The summed E-state index contributed by atoms with van der Waals surface area (Å²) in [6.45, 7) is -0.0376. The summed E-state index contributed by atoms with van der Waals surface area (Å²) in [5.41, 5.74) is 1.61. The molecule has 0 unspecified atom stereocenters. The van der Waals surface area contributed by atoms with Gasteiger partial charge in [0.2, 0.25) is 0 Å². The predicted octanol–water partition coefficient (Wildman–Crippen LogP) is 3.32. The summed E-state index contributed by atoms with van der Waals surface area (Å²) in [5, 5.41) is 0. The number of ether oxygens (including phenoxy) is 1. The molecule has 3 heteroatoms. The number of methoxy groups -OCH3 is 1. The number of carbonyl (C=O) groups is 1. The van der Waals surface area contributed by atoms with Crippen LogP contribution in [0.25, 0.3) is 11.1 Å². The zero-order chi connectivity index (χ0) is 13.0. The minimum atomic E-state index is -0.400. The molecule has 0 radical (unpaired) electrons. The number of carbonyl (C=O) groups excluding carboxylic acids is 1. The molecule has 0 aliphatic heterocycles. The number of Topliss-reactive ketones (excluding diaryl/α,β-unsaturated/α-hetero) is 1. The van der Waals surface area contributed by atoms with E-state index in [0.29, 0.717) is 11.1 Å². The van der Waals surface area contributed by atoms with Crippen molar-refractivity contribution < 1.29 is 13.9 Å². The van der Waals surface area contributed by atoms with Gasteiger partial charge in [-0.1, -0.05) is 42.5 Å². The number of halogens is 1. The van der Waals surface area contributed by atoms with Crippen molar-refractivity contribution in [2.75, 3.05) is 13.7 Å². The van der Waals surface area contributed by atoms with E-state index in [1.165, 1.54) is 13.2 Å². The summed E-state index contributed by atoms with van der Waals surface area (Å²) in [5.74, 6) is -0.626. The van der Waals surface area contributed by atoms with E-state index in [-0.39, 0.29) is 12.4 Å². The minimum absolute atomic E-state index is 0.0376. The van der Waals surface area contributed by atoms with Gasteiger partial charge < -0.3 is 4.74 Å². The molecule has 18 heavy (non-hydrogen) atoms. The molecule has 0 heterocycles. The van der Waals surface area contributed by atoms with Crippen molar-refractivity contribution in [1.29, 1.82) is 0 Å². The van der Waals surface area contributed by atoms with Gasteiger partial charge in [0.25, 0.3) is 0 Å². The number of hydrogen-bond acceptors (Lipinski definition) is 2. The largest absolute Gasteiger partial charge is 0.377 e. The molecule has 0 amide bonds. The van der Waals surface area contributed by atoms with Gasteiger partial charge >= 0.3 is 0 Å². The highest BCUT2D eigenvalue weighted by Crippen LogP contribution is 2.23. The smallest absolute Gasteiger partial charge is 0.188 e. The van der Waals surface area contributed by atoms with Gasteiger partial charge in [-0.25, -0.2) is 4.39 Å². The summed E-state index contributed by atoms with van der Waals surface area (Å²) in [4.78, 5) is 11.6. The first-order valence-electron chi connectivity index (χ1n) is 5.59. The fourth-order valence-corrected chi connectivity index (χ4v) is 1.75. The van der Waals surface area contributed by atoms with Crippen molar-refractivity contribution in [2.24, 2.45) is 0 Å². The third kappa shape index (κ3) is 2.63. The van der Waals surface area contributed by atoms with E-state index in [9.17, 15) is 9.18 Å². The molecule has 0 aliphatic rings. The zero-order valence-electron chi connectivity index (χ0n) is 10.0. The van der Waals surface area contributed by atoms with E-state index in [2.05, 4.69) is 0 Å². The molecule has 92 valence electrons. The molecule has 2 rings (SSSR count). The van der Waals surface area contributed by atoms with Crippen LogP contribution >= 0.6 is 0 Å².